The number of aryl methyl sites for hydroxylation is 1. The third-order valence-corrected chi connectivity index (χ3v) is 8.55. The third-order valence-electron chi connectivity index (χ3n) is 7.36. The molecule has 26 heavy (non-hydrogen) atoms. The van der Waals surface area contributed by atoms with Crippen LogP contribution in [0.25, 0.3) is 10.2 Å². The molecule has 2 aromatic rings. The van der Waals surface area contributed by atoms with Gasteiger partial charge in [-0.15, -0.1) is 11.3 Å². The molecule has 0 radical (unpaired) electrons. The van der Waals surface area contributed by atoms with E-state index in [2.05, 4.69) is 38.0 Å². The zero-order valence-electron chi connectivity index (χ0n) is 16.0. The summed E-state index contributed by atoms with van der Waals surface area (Å²) < 4.78 is 1.44. The van der Waals surface area contributed by atoms with Crippen LogP contribution in [0.4, 0.5) is 0 Å². The normalized spacial score (nSPS) is 29.4. The molecular weight excluding hydrogens is 346 g/mol. The van der Waals surface area contributed by atoms with Gasteiger partial charge in [-0.3, -0.25) is 14.2 Å². The second kappa shape index (κ2) is 5.91. The predicted octanol–water partition coefficient (Wildman–Crippen LogP) is 3.35. The van der Waals surface area contributed by atoms with Crippen molar-refractivity contribution in [3.05, 3.63) is 27.6 Å². The highest BCUT2D eigenvalue weighted by Crippen LogP contribution is 2.65. The molecule has 6 heteroatoms. The first-order chi connectivity index (χ1) is 12.3. The number of nitrogens with zero attached hydrogens (tertiary/aromatic N) is 2. The lowest BCUT2D eigenvalue weighted by molar-refractivity contribution is -0.123. The smallest absolute Gasteiger partial charge is 0.262 e. The largest absolute Gasteiger partial charge is 0.351 e. The van der Waals surface area contributed by atoms with Gasteiger partial charge < -0.3 is 5.32 Å². The van der Waals surface area contributed by atoms with Gasteiger partial charge in [0.15, 0.2) is 0 Å². The SMILES string of the molecule is CCc1cc2c(=O)n(CC(=O)NC3CC4CCC3(C)C4(C)C)cnc2s1. The van der Waals surface area contributed by atoms with E-state index >= 15 is 0 Å². The summed E-state index contributed by atoms with van der Waals surface area (Å²) in [5.41, 5.74) is 0.278. The van der Waals surface area contributed by atoms with Crippen molar-refractivity contribution in [2.45, 2.75) is 66.0 Å². The van der Waals surface area contributed by atoms with Crippen molar-refractivity contribution in [3.63, 3.8) is 0 Å². The summed E-state index contributed by atoms with van der Waals surface area (Å²) in [6.45, 7) is 9.08. The second-order valence-electron chi connectivity index (χ2n) is 8.69. The van der Waals surface area contributed by atoms with E-state index in [1.807, 2.05) is 6.07 Å². The fourth-order valence-electron chi connectivity index (χ4n) is 5.11. The van der Waals surface area contributed by atoms with Gasteiger partial charge >= 0.3 is 0 Å². The van der Waals surface area contributed by atoms with E-state index in [0.29, 0.717) is 11.3 Å². The van der Waals surface area contributed by atoms with Crippen LogP contribution in [-0.2, 0) is 17.8 Å². The Kier molecular flexibility index (Phi) is 4.03. The minimum Gasteiger partial charge on any atom is -0.351 e. The summed E-state index contributed by atoms with van der Waals surface area (Å²) in [6, 6.07) is 2.10. The molecule has 2 aliphatic carbocycles. The van der Waals surface area contributed by atoms with Crippen LogP contribution in [0.2, 0.25) is 0 Å². The Morgan fingerprint density at radius 3 is 2.81 bits per heavy atom. The van der Waals surface area contributed by atoms with Gasteiger partial charge in [0.05, 0.1) is 11.7 Å². The molecule has 3 atom stereocenters. The molecule has 2 aromatic heterocycles. The first-order valence-corrected chi connectivity index (χ1v) is 10.3. The van der Waals surface area contributed by atoms with Crippen LogP contribution < -0.4 is 10.9 Å². The minimum atomic E-state index is -0.124. The lowest BCUT2D eigenvalue weighted by Gasteiger charge is -2.39. The van der Waals surface area contributed by atoms with Crippen LogP contribution in [0, 0.1) is 16.7 Å². The number of carbonyl (C=O) groups is 1. The van der Waals surface area contributed by atoms with Crippen molar-refractivity contribution in [1.82, 2.24) is 14.9 Å². The maximum atomic E-state index is 12.7. The summed E-state index contributed by atoms with van der Waals surface area (Å²) in [5.74, 6) is 0.589. The van der Waals surface area contributed by atoms with Crippen molar-refractivity contribution in [2.24, 2.45) is 16.7 Å². The Morgan fingerprint density at radius 1 is 1.42 bits per heavy atom. The molecule has 2 heterocycles. The van der Waals surface area contributed by atoms with Gasteiger partial charge in [0.1, 0.15) is 11.4 Å². The van der Waals surface area contributed by atoms with Crippen molar-refractivity contribution in [2.75, 3.05) is 0 Å². The molecular formula is C20H27N3O2S. The fourth-order valence-corrected chi connectivity index (χ4v) is 6.04. The van der Waals surface area contributed by atoms with E-state index in [9.17, 15) is 9.59 Å². The number of amides is 1. The molecule has 1 N–H and O–H groups in total. The zero-order valence-corrected chi connectivity index (χ0v) is 16.8. The molecule has 0 saturated heterocycles. The lowest BCUT2D eigenvalue weighted by atomic mass is 9.69. The number of carbonyl (C=O) groups excluding carboxylic acids is 1. The average Bonchev–Trinajstić information content (AvgIpc) is 3.17. The van der Waals surface area contributed by atoms with Crippen LogP contribution in [0.5, 0.6) is 0 Å². The maximum Gasteiger partial charge on any atom is 0.262 e. The molecule has 2 aliphatic rings. The average molecular weight is 374 g/mol. The van der Waals surface area contributed by atoms with Crippen LogP contribution in [0.1, 0.15) is 51.8 Å². The van der Waals surface area contributed by atoms with Gasteiger partial charge in [-0.05, 0) is 48.5 Å². The number of rotatable bonds is 4. The molecule has 2 bridgehead atoms. The van der Waals surface area contributed by atoms with E-state index in [0.717, 1.165) is 29.0 Å². The highest BCUT2D eigenvalue weighted by Gasteiger charge is 2.61. The molecule has 0 aromatic carbocycles. The highest BCUT2D eigenvalue weighted by atomic mass is 32.1. The fraction of sp³-hybridized carbons (Fsp3) is 0.650. The third kappa shape index (κ3) is 2.45. The predicted molar refractivity (Wildman–Crippen MR) is 104 cm³/mol. The first-order valence-electron chi connectivity index (χ1n) is 9.53. The number of fused-ring (bicyclic) bond motifs is 3. The number of nitrogens with one attached hydrogen (secondary N) is 1. The monoisotopic (exact) mass is 373 g/mol. The van der Waals surface area contributed by atoms with Crippen LogP contribution in [-0.4, -0.2) is 21.5 Å². The van der Waals surface area contributed by atoms with Gasteiger partial charge in [-0.25, -0.2) is 4.98 Å². The Hall–Kier alpha value is -1.69. The molecule has 0 aliphatic heterocycles. The van der Waals surface area contributed by atoms with E-state index in [4.69, 9.17) is 0 Å². The van der Waals surface area contributed by atoms with Crippen molar-refractivity contribution < 1.29 is 4.79 Å². The van der Waals surface area contributed by atoms with Crippen molar-refractivity contribution in [1.29, 1.82) is 0 Å². The van der Waals surface area contributed by atoms with E-state index < -0.39 is 0 Å². The first kappa shape index (κ1) is 17.7. The number of hydrogen-bond acceptors (Lipinski definition) is 4. The summed E-state index contributed by atoms with van der Waals surface area (Å²) in [5, 5.41) is 3.84. The molecule has 0 spiro atoms. The number of hydrogen-bond donors (Lipinski definition) is 1. The van der Waals surface area contributed by atoms with Gasteiger partial charge in [-0.2, -0.15) is 0 Å². The summed E-state index contributed by atoms with van der Waals surface area (Å²) in [6.07, 6.45) is 5.86. The quantitative estimate of drug-likeness (QED) is 0.894. The Morgan fingerprint density at radius 2 is 2.19 bits per heavy atom. The maximum absolute atomic E-state index is 12.7. The van der Waals surface area contributed by atoms with E-state index in [1.165, 1.54) is 17.3 Å². The standard InChI is InChI=1S/C20H27N3O2S/c1-5-13-9-14-17(26-13)21-11-23(18(14)25)10-16(24)22-15-8-12-6-7-20(15,4)19(12,2)3/h9,11-12,15H,5-8,10H2,1-4H3,(H,22,24). The van der Waals surface area contributed by atoms with Crippen molar-refractivity contribution in [3.8, 4) is 0 Å². The van der Waals surface area contributed by atoms with Crippen LogP contribution >= 0.6 is 11.3 Å². The van der Waals surface area contributed by atoms with Crippen LogP contribution in [0.3, 0.4) is 0 Å². The zero-order chi connectivity index (χ0) is 18.7. The Balaban J connectivity index is 1.52. The molecule has 2 fully saturated rings. The second-order valence-corrected chi connectivity index (χ2v) is 9.81. The van der Waals surface area contributed by atoms with Gasteiger partial charge in [0.25, 0.3) is 5.56 Å². The van der Waals surface area contributed by atoms with E-state index in [1.54, 1.807) is 11.3 Å². The Bertz CT molecular complexity index is 929. The summed E-state index contributed by atoms with van der Waals surface area (Å²) >= 11 is 1.55. The lowest BCUT2D eigenvalue weighted by Crippen LogP contribution is -2.48. The summed E-state index contributed by atoms with van der Waals surface area (Å²) in [4.78, 5) is 31.6. The van der Waals surface area contributed by atoms with Gasteiger partial charge in [0.2, 0.25) is 5.91 Å². The topological polar surface area (TPSA) is 64.0 Å². The highest BCUT2D eigenvalue weighted by molar-refractivity contribution is 7.18. The van der Waals surface area contributed by atoms with E-state index in [-0.39, 0.29) is 34.9 Å². The molecule has 1 amide bonds. The van der Waals surface area contributed by atoms with Gasteiger partial charge in [0, 0.05) is 10.9 Å². The van der Waals surface area contributed by atoms with Gasteiger partial charge in [-0.1, -0.05) is 27.7 Å². The number of aromatic nitrogens is 2. The number of thiophene rings is 1. The molecule has 4 rings (SSSR count). The molecule has 5 nitrogen and oxygen atoms in total. The Labute approximate surface area is 157 Å². The molecule has 3 unspecified atom stereocenters. The van der Waals surface area contributed by atoms with Crippen LogP contribution in [0.15, 0.2) is 17.2 Å². The summed E-state index contributed by atoms with van der Waals surface area (Å²) in [7, 11) is 0. The molecule has 140 valence electrons. The minimum absolute atomic E-state index is 0.0384. The molecule has 2 saturated carbocycles. The van der Waals surface area contributed by atoms with Crippen molar-refractivity contribution >= 4 is 27.5 Å².